The molecule has 0 fully saturated rings. The van der Waals surface area contributed by atoms with E-state index in [4.69, 9.17) is 11.5 Å². The first-order chi connectivity index (χ1) is 10.1. The van der Waals surface area contributed by atoms with Crippen molar-refractivity contribution >= 4 is 34.3 Å². The largest absolute Gasteiger partial charge is 0.469 e. The lowest BCUT2D eigenvalue weighted by Gasteiger charge is -2.47. The summed E-state index contributed by atoms with van der Waals surface area (Å²) in [5.74, 6) is 0. The molecule has 6 heteroatoms. The SMILES string of the molecule is C[Si](C)(C)N(B(Cl)N(C1=C=CC=C1)[Si](C)(C)C)C1=C=CC=C1. The van der Waals surface area contributed by atoms with Gasteiger partial charge in [0.25, 0.3) is 0 Å². The van der Waals surface area contributed by atoms with E-state index < -0.39 is 16.5 Å². The van der Waals surface area contributed by atoms with Crippen LogP contribution in [0.5, 0.6) is 0 Å². The van der Waals surface area contributed by atoms with Gasteiger partial charge in [-0.25, -0.2) is 0 Å². The Hall–Kier alpha value is -1.09. The first kappa shape index (κ1) is 17.3. The predicted octanol–water partition coefficient (Wildman–Crippen LogP) is 4.70. The zero-order chi connectivity index (χ0) is 16.5. The van der Waals surface area contributed by atoms with Crippen molar-refractivity contribution in [3.05, 3.63) is 59.3 Å². The van der Waals surface area contributed by atoms with Crippen LogP contribution in [-0.4, -0.2) is 31.8 Å². The quantitative estimate of drug-likeness (QED) is 0.508. The Bertz CT molecular complexity index is 584. The first-order valence-electron chi connectivity index (χ1n) is 7.62. The fourth-order valence-electron chi connectivity index (χ4n) is 2.65. The summed E-state index contributed by atoms with van der Waals surface area (Å²) in [6, 6.07) is 0. The summed E-state index contributed by atoms with van der Waals surface area (Å²) >= 11 is 7.05. The van der Waals surface area contributed by atoms with Crippen molar-refractivity contribution in [3.8, 4) is 0 Å². The zero-order valence-corrected chi connectivity index (χ0v) is 17.1. The number of allylic oxidation sites excluding steroid dienone is 4. The number of rotatable bonds is 6. The summed E-state index contributed by atoms with van der Waals surface area (Å²) < 4.78 is 4.74. The van der Waals surface area contributed by atoms with Gasteiger partial charge >= 0.3 is 6.40 Å². The Morgan fingerprint density at radius 2 is 1.18 bits per heavy atom. The van der Waals surface area contributed by atoms with Gasteiger partial charge in [0.15, 0.2) is 0 Å². The lowest BCUT2D eigenvalue weighted by molar-refractivity contribution is 0.703. The van der Waals surface area contributed by atoms with Gasteiger partial charge in [0.2, 0.25) is 0 Å². The average molecular weight is 347 g/mol. The van der Waals surface area contributed by atoms with Crippen molar-refractivity contribution in [2.75, 3.05) is 0 Å². The topological polar surface area (TPSA) is 6.48 Å². The van der Waals surface area contributed by atoms with E-state index in [9.17, 15) is 0 Å². The van der Waals surface area contributed by atoms with Crippen LogP contribution in [0.4, 0.5) is 0 Å². The van der Waals surface area contributed by atoms with Gasteiger partial charge < -0.3 is 8.95 Å². The summed E-state index contributed by atoms with van der Waals surface area (Å²) in [5, 5.41) is 0. The van der Waals surface area contributed by atoms with Crippen molar-refractivity contribution in [2.24, 2.45) is 0 Å². The normalized spacial score (nSPS) is 16.1. The van der Waals surface area contributed by atoms with Crippen molar-refractivity contribution in [1.82, 2.24) is 8.95 Å². The second kappa shape index (κ2) is 6.19. The monoisotopic (exact) mass is 346 g/mol. The fourth-order valence-corrected chi connectivity index (χ4v) is 7.96. The second-order valence-electron chi connectivity index (χ2n) is 7.50. The molecule has 0 radical (unpaired) electrons. The highest BCUT2D eigenvalue weighted by Crippen LogP contribution is 2.30. The van der Waals surface area contributed by atoms with Crippen molar-refractivity contribution in [1.29, 1.82) is 0 Å². The van der Waals surface area contributed by atoms with Gasteiger partial charge in [-0.1, -0.05) is 62.9 Å². The highest BCUT2D eigenvalue weighted by molar-refractivity contribution is 7.12. The Morgan fingerprint density at radius 1 is 0.818 bits per heavy atom. The third-order valence-electron chi connectivity index (χ3n) is 3.55. The molecule has 0 aliphatic heterocycles. The van der Waals surface area contributed by atoms with Crippen LogP contribution in [0.15, 0.2) is 59.3 Å². The molecule has 0 atom stereocenters. The van der Waals surface area contributed by atoms with Gasteiger partial charge in [0.1, 0.15) is 16.5 Å². The molecular formula is C16H24BClN2Si2. The zero-order valence-electron chi connectivity index (χ0n) is 14.3. The minimum atomic E-state index is -1.67. The van der Waals surface area contributed by atoms with Crippen LogP contribution in [0, 0.1) is 0 Å². The molecule has 0 aromatic heterocycles. The third-order valence-corrected chi connectivity index (χ3v) is 8.13. The molecule has 22 heavy (non-hydrogen) atoms. The van der Waals surface area contributed by atoms with E-state index in [2.05, 4.69) is 71.8 Å². The first-order valence-corrected chi connectivity index (χ1v) is 14.9. The molecule has 0 amide bonds. The van der Waals surface area contributed by atoms with Gasteiger partial charge in [-0.3, -0.25) is 0 Å². The Kier molecular flexibility index (Phi) is 4.86. The highest BCUT2D eigenvalue weighted by Gasteiger charge is 2.43. The van der Waals surface area contributed by atoms with E-state index in [0.717, 1.165) is 11.4 Å². The molecule has 2 nitrogen and oxygen atoms in total. The van der Waals surface area contributed by atoms with Crippen LogP contribution in [0.3, 0.4) is 0 Å². The maximum absolute atomic E-state index is 7.05. The molecule has 116 valence electrons. The maximum atomic E-state index is 7.05. The van der Waals surface area contributed by atoms with Crippen LogP contribution < -0.4 is 0 Å². The summed E-state index contributed by atoms with van der Waals surface area (Å²) in [5.41, 5.74) is 8.85. The van der Waals surface area contributed by atoms with Crippen LogP contribution in [0.1, 0.15) is 0 Å². The van der Waals surface area contributed by atoms with Gasteiger partial charge in [-0.2, -0.15) is 0 Å². The van der Waals surface area contributed by atoms with E-state index in [1.165, 1.54) is 0 Å². The Morgan fingerprint density at radius 3 is 1.41 bits per heavy atom. The van der Waals surface area contributed by atoms with Crippen LogP contribution in [0.2, 0.25) is 39.3 Å². The minimum Gasteiger partial charge on any atom is -0.404 e. The second-order valence-corrected chi connectivity index (χ2v) is 17.5. The van der Waals surface area contributed by atoms with Gasteiger partial charge in [-0.15, -0.1) is 11.5 Å². The predicted molar refractivity (Wildman–Crippen MR) is 103 cm³/mol. The van der Waals surface area contributed by atoms with Gasteiger partial charge in [0.05, 0.1) is 11.4 Å². The molecule has 0 spiro atoms. The minimum absolute atomic E-state index is 0.212. The molecule has 2 aliphatic rings. The summed E-state index contributed by atoms with van der Waals surface area (Å²) in [7, 11) is -3.34. The number of hydrogen-bond acceptors (Lipinski definition) is 2. The van der Waals surface area contributed by atoms with E-state index >= 15 is 0 Å². The summed E-state index contributed by atoms with van der Waals surface area (Å²) in [6.07, 6.45) is 12.0. The molecule has 0 saturated carbocycles. The smallest absolute Gasteiger partial charge is 0.404 e. The lowest BCUT2D eigenvalue weighted by Crippen LogP contribution is -2.63. The van der Waals surface area contributed by atoms with E-state index in [1.54, 1.807) is 0 Å². The Labute approximate surface area is 142 Å². The third kappa shape index (κ3) is 3.62. The summed E-state index contributed by atoms with van der Waals surface area (Å²) in [6.45, 7) is 13.9. The van der Waals surface area contributed by atoms with Crippen molar-refractivity contribution in [2.45, 2.75) is 39.3 Å². The lowest BCUT2D eigenvalue weighted by atomic mass is 10.1. The van der Waals surface area contributed by atoms with Gasteiger partial charge in [-0.05, 0) is 24.3 Å². The molecule has 0 N–H and O–H groups in total. The molecule has 0 saturated heterocycles. The molecule has 2 rings (SSSR count). The van der Waals surface area contributed by atoms with Crippen LogP contribution in [-0.2, 0) is 0 Å². The maximum Gasteiger partial charge on any atom is 0.469 e. The number of halogens is 1. The van der Waals surface area contributed by atoms with Crippen LogP contribution >= 0.6 is 11.5 Å². The molecule has 2 aliphatic carbocycles. The van der Waals surface area contributed by atoms with Crippen molar-refractivity contribution in [3.63, 3.8) is 0 Å². The molecular weight excluding hydrogens is 323 g/mol. The Balaban J connectivity index is 2.45. The molecule has 0 aromatic carbocycles. The van der Waals surface area contributed by atoms with Crippen LogP contribution in [0.25, 0.3) is 0 Å². The molecule has 0 heterocycles. The highest BCUT2D eigenvalue weighted by atomic mass is 35.5. The standard InChI is InChI=1S/C16H24BClN2Si2/c1-21(2,3)19(15-11-7-8-12-15)17(18)20(22(4,5)6)16-13-9-10-14-16/h7-11,13H,1-6H3. The molecule has 0 unspecified atom stereocenters. The number of nitrogens with zero attached hydrogens (tertiary/aromatic N) is 2. The number of hydrogen-bond donors (Lipinski definition) is 0. The van der Waals surface area contributed by atoms with E-state index in [-0.39, 0.29) is 6.40 Å². The summed E-state index contributed by atoms with van der Waals surface area (Å²) in [4.78, 5) is 0. The van der Waals surface area contributed by atoms with E-state index in [1.807, 2.05) is 24.3 Å². The van der Waals surface area contributed by atoms with E-state index in [0.29, 0.717) is 0 Å². The molecule has 0 aromatic rings. The van der Waals surface area contributed by atoms with Gasteiger partial charge in [0, 0.05) is 0 Å². The fraction of sp³-hybridized carbons (Fsp3) is 0.375. The molecule has 0 bridgehead atoms. The van der Waals surface area contributed by atoms with Crippen molar-refractivity contribution < 1.29 is 0 Å². The average Bonchev–Trinajstić information content (AvgIpc) is 2.98.